The molecule has 2 aromatic heterocycles. The molecule has 0 saturated heterocycles. The number of fused-ring (bicyclic) bond motifs is 1. The van der Waals surface area contributed by atoms with Crippen LogP contribution >= 0.6 is 15.9 Å². The molecule has 3 N–H and O–H groups in total. The van der Waals surface area contributed by atoms with Gasteiger partial charge in [0.2, 0.25) is 5.95 Å². The summed E-state index contributed by atoms with van der Waals surface area (Å²) in [7, 11) is 1.89. The van der Waals surface area contributed by atoms with Gasteiger partial charge < -0.3 is 11.1 Å². The van der Waals surface area contributed by atoms with Crippen LogP contribution in [0, 0.1) is 6.92 Å². The van der Waals surface area contributed by atoms with Crippen molar-refractivity contribution in [1.29, 1.82) is 0 Å². The number of nitrogens with one attached hydrogen (secondary N) is 1. The van der Waals surface area contributed by atoms with Crippen molar-refractivity contribution in [2.24, 2.45) is 0 Å². The molecule has 2 heterocycles. The zero-order valence-corrected chi connectivity index (χ0v) is 10.2. The molecule has 0 bridgehead atoms. The van der Waals surface area contributed by atoms with Gasteiger partial charge in [-0.15, -0.1) is 5.10 Å². The van der Waals surface area contributed by atoms with E-state index in [1.54, 1.807) is 4.52 Å². The van der Waals surface area contributed by atoms with Crippen molar-refractivity contribution < 1.29 is 0 Å². The highest BCUT2D eigenvalue weighted by Crippen LogP contribution is 2.21. The topological polar surface area (TPSA) is 68.2 Å². The second-order valence-electron chi connectivity index (χ2n) is 3.34. The molecule has 80 valence electrons. The number of nitrogen functional groups attached to an aromatic ring is 1. The van der Waals surface area contributed by atoms with Gasteiger partial charge in [0.05, 0.1) is 5.69 Å². The summed E-state index contributed by atoms with van der Waals surface area (Å²) in [6.07, 6.45) is 0. The van der Waals surface area contributed by atoms with Crippen molar-refractivity contribution in [3.8, 4) is 0 Å². The number of hydrogen-bond donors (Lipinski definition) is 2. The molecule has 0 spiro atoms. The van der Waals surface area contributed by atoms with Crippen LogP contribution in [-0.2, 0) is 6.54 Å². The van der Waals surface area contributed by atoms with E-state index in [1.165, 1.54) is 0 Å². The second-order valence-corrected chi connectivity index (χ2v) is 4.19. The highest BCUT2D eigenvalue weighted by Gasteiger charge is 2.10. The SMILES string of the molecule is CNCc1cc(Br)c(C)n2nc(N)nc12. The molecule has 0 atom stereocenters. The van der Waals surface area contributed by atoms with Crippen LogP contribution in [0.2, 0.25) is 0 Å². The molecule has 0 aliphatic rings. The number of pyridine rings is 1. The van der Waals surface area contributed by atoms with E-state index in [9.17, 15) is 0 Å². The van der Waals surface area contributed by atoms with Gasteiger partial charge in [-0.2, -0.15) is 4.98 Å². The minimum Gasteiger partial charge on any atom is -0.366 e. The van der Waals surface area contributed by atoms with Gasteiger partial charge in [0, 0.05) is 16.6 Å². The summed E-state index contributed by atoms with van der Waals surface area (Å²) < 4.78 is 2.76. The number of hydrogen-bond acceptors (Lipinski definition) is 4. The first-order valence-corrected chi connectivity index (χ1v) is 5.37. The van der Waals surface area contributed by atoms with Crippen LogP contribution < -0.4 is 11.1 Å². The third-order valence-electron chi connectivity index (χ3n) is 2.24. The Balaban J connectivity index is 2.75. The molecular weight excluding hydrogens is 258 g/mol. The monoisotopic (exact) mass is 269 g/mol. The second kappa shape index (κ2) is 3.79. The van der Waals surface area contributed by atoms with Crippen LogP contribution in [0.15, 0.2) is 10.5 Å². The molecule has 0 fully saturated rings. The van der Waals surface area contributed by atoms with Crippen molar-refractivity contribution in [3.63, 3.8) is 0 Å². The van der Waals surface area contributed by atoms with E-state index in [-0.39, 0.29) is 0 Å². The summed E-state index contributed by atoms with van der Waals surface area (Å²) in [6.45, 7) is 2.70. The van der Waals surface area contributed by atoms with E-state index in [0.29, 0.717) is 5.95 Å². The number of nitrogens with zero attached hydrogens (tertiary/aromatic N) is 3. The van der Waals surface area contributed by atoms with E-state index >= 15 is 0 Å². The van der Waals surface area contributed by atoms with Crippen molar-refractivity contribution >= 4 is 27.5 Å². The fraction of sp³-hybridized carbons (Fsp3) is 0.333. The number of aryl methyl sites for hydroxylation is 1. The lowest BCUT2D eigenvalue weighted by atomic mass is 10.2. The van der Waals surface area contributed by atoms with Gasteiger partial charge in [-0.3, -0.25) is 0 Å². The third kappa shape index (κ3) is 1.70. The van der Waals surface area contributed by atoms with E-state index in [2.05, 4.69) is 31.3 Å². The molecule has 0 aliphatic heterocycles. The van der Waals surface area contributed by atoms with Gasteiger partial charge in [-0.1, -0.05) is 0 Å². The Morgan fingerprint density at radius 3 is 3.00 bits per heavy atom. The molecule has 2 rings (SSSR count). The Labute approximate surface area is 95.8 Å². The van der Waals surface area contributed by atoms with Gasteiger partial charge >= 0.3 is 0 Å². The van der Waals surface area contributed by atoms with E-state index in [4.69, 9.17) is 5.73 Å². The van der Waals surface area contributed by atoms with Crippen LogP contribution in [-0.4, -0.2) is 21.6 Å². The zero-order valence-electron chi connectivity index (χ0n) is 8.58. The van der Waals surface area contributed by atoms with Gasteiger partial charge in [0.1, 0.15) is 0 Å². The molecule has 0 aliphatic carbocycles. The van der Waals surface area contributed by atoms with Crippen molar-refractivity contribution in [2.45, 2.75) is 13.5 Å². The summed E-state index contributed by atoms with van der Waals surface area (Å²) in [5.74, 6) is 0.300. The molecular formula is C9H12BrN5. The summed E-state index contributed by atoms with van der Waals surface area (Å²) in [6, 6.07) is 2.04. The Morgan fingerprint density at radius 2 is 2.33 bits per heavy atom. The average molecular weight is 270 g/mol. The maximum absolute atomic E-state index is 5.60. The quantitative estimate of drug-likeness (QED) is 0.857. The molecule has 15 heavy (non-hydrogen) atoms. The van der Waals surface area contributed by atoms with E-state index < -0.39 is 0 Å². The van der Waals surface area contributed by atoms with Crippen molar-refractivity contribution in [3.05, 3.63) is 21.8 Å². The Kier molecular flexibility index (Phi) is 2.62. The van der Waals surface area contributed by atoms with E-state index in [0.717, 1.165) is 27.9 Å². The first-order valence-electron chi connectivity index (χ1n) is 4.58. The van der Waals surface area contributed by atoms with Crippen LogP contribution in [0.25, 0.3) is 5.65 Å². The number of rotatable bonds is 2. The molecule has 0 radical (unpaired) electrons. The van der Waals surface area contributed by atoms with Gasteiger partial charge in [0.15, 0.2) is 5.65 Å². The molecule has 0 saturated carbocycles. The number of aromatic nitrogens is 3. The Morgan fingerprint density at radius 1 is 1.60 bits per heavy atom. The highest BCUT2D eigenvalue weighted by atomic mass is 79.9. The number of nitrogens with two attached hydrogens (primary N) is 1. The number of anilines is 1. The first kappa shape index (κ1) is 10.4. The molecule has 2 aromatic rings. The van der Waals surface area contributed by atoms with Gasteiger partial charge in [0.25, 0.3) is 0 Å². The highest BCUT2D eigenvalue weighted by molar-refractivity contribution is 9.10. The van der Waals surface area contributed by atoms with Crippen LogP contribution in [0.1, 0.15) is 11.3 Å². The minimum absolute atomic E-state index is 0.300. The van der Waals surface area contributed by atoms with Crippen LogP contribution in [0.4, 0.5) is 5.95 Å². The zero-order chi connectivity index (χ0) is 11.0. The standard InChI is InChI=1S/C9H12BrN5/c1-5-7(10)3-6(4-12-2)8-13-9(11)14-15(5)8/h3,12H,4H2,1-2H3,(H2,11,14). The predicted octanol–water partition coefficient (Wildman–Crippen LogP) is 1.10. The lowest BCUT2D eigenvalue weighted by Gasteiger charge is -2.06. The summed E-state index contributed by atoms with van der Waals surface area (Å²) in [4.78, 5) is 4.20. The minimum atomic E-state index is 0.300. The summed E-state index contributed by atoms with van der Waals surface area (Å²) in [5, 5.41) is 7.23. The van der Waals surface area contributed by atoms with E-state index in [1.807, 2.05) is 20.0 Å². The molecule has 5 nitrogen and oxygen atoms in total. The third-order valence-corrected chi connectivity index (χ3v) is 3.05. The van der Waals surface area contributed by atoms with Crippen LogP contribution in [0.5, 0.6) is 0 Å². The molecule has 0 unspecified atom stereocenters. The maximum atomic E-state index is 5.60. The summed E-state index contributed by atoms with van der Waals surface area (Å²) in [5.41, 5.74) is 8.47. The summed E-state index contributed by atoms with van der Waals surface area (Å²) >= 11 is 3.49. The van der Waals surface area contributed by atoms with Crippen molar-refractivity contribution in [2.75, 3.05) is 12.8 Å². The molecule has 0 amide bonds. The Bertz CT molecular complexity index is 505. The van der Waals surface area contributed by atoms with Gasteiger partial charge in [-0.25, -0.2) is 4.52 Å². The Hall–Kier alpha value is -1.14. The number of halogens is 1. The fourth-order valence-corrected chi connectivity index (χ4v) is 1.96. The largest absolute Gasteiger partial charge is 0.366 e. The first-order chi connectivity index (χ1) is 7.13. The normalized spacial score (nSPS) is 11.1. The fourth-order valence-electron chi connectivity index (χ4n) is 1.51. The predicted molar refractivity (Wildman–Crippen MR) is 62.6 cm³/mol. The molecule has 0 aromatic carbocycles. The van der Waals surface area contributed by atoms with Crippen LogP contribution in [0.3, 0.4) is 0 Å². The lowest BCUT2D eigenvalue weighted by Crippen LogP contribution is -2.08. The average Bonchev–Trinajstić information content (AvgIpc) is 2.57. The maximum Gasteiger partial charge on any atom is 0.240 e. The molecule has 6 heteroatoms. The smallest absolute Gasteiger partial charge is 0.240 e. The van der Waals surface area contributed by atoms with Gasteiger partial charge in [-0.05, 0) is 36.0 Å². The van der Waals surface area contributed by atoms with Crippen molar-refractivity contribution in [1.82, 2.24) is 19.9 Å². The lowest BCUT2D eigenvalue weighted by molar-refractivity contribution is 0.805.